The Morgan fingerprint density at radius 3 is 2.78 bits per heavy atom. The van der Waals surface area contributed by atoms with Crippen molar-refractivity contribution in [2.75, 3.05) is 23.5 Å². The molecular formula is C25H27ClN4O2. The molecule has 2 heterocycles. The van der Waals surface area contributed by atoms with Crippen LogP contribution in [-0.2, 0) is 21.5 Å². The number of amides is 1. The highest BCUT2D eigenvalue weighted by Crippen LogP contribution is 2.45. The number of carbonyl (C=O) groups excluding carboxylic acids is 2. The van der Waals surface area contributed by atoms with Gasteiger partial charge in [0.1, 0.15) is 0 Å². The largest absolute Gasteiger partial charge is 0.398 e. The SMILES string of the molecule is CCCC(=O)NCc1c[nH]c(/C=C/C(=O)C2(CCl)CNc3cc(N)c4ccccc4c32)c1. The summed E-state index contributed by atoms with van der Waals surface area (Å²) in [5.74, 6) is 0.120. The Morgan fingerprint density at radius 2 is 2.03 bits per heavy atom. The van der Waals surface area contributed by atoms with Gasteiger partial charge in [0.25, 0.3) is 0 Å². The molecule has 6 nitrogen and oxygen atoms in total. The van der Waals surface area contributed by atoms with Crippen molar-refractivity contribution in [3.8, 4) is 0 Å². The smallest absolute Gasteiger partial charge is 0.220 e. The zero-order valence-corrected chi connectivity index (χ0v) is 18.8. The number of fused-ring (bicyclic) bond motifs is 3. The second kappa shape index (κ2) is 9.09. The van der Waals surface area contributed by atoms with Crippen molar-refractivity contribution in [3.63, 3.8) is 0 Å². The molecule has 2 aromatic carbocycles. The maximum atomic E-state index is 13.4. The molecule has 1 aromatic heterocycles. The third-order valence-corrected chi connectivity index (χ3v) is 6.44. The Morgan fingerprint density at radius 1 is 1.25 bits per heavy atom. The van der Waals surface area contributed by atoms with Crippen LogP contribution in [0.15, 0.2) is 48.7 Å². The number of hydrogen-bond acceptors (Lipinski definition) is 4. The number of carbonyl (C=O) groups is 2. The van der Waals surface area contributed by atoms with Crippen LogP contribution in [0.25, 0.3) is 16.8 Å². The molecule has 1 amide bonds. The Labute approximate surface area is 192 Å². The average molecular weight is 451 g/mol. The summed E-state index contributed by atoms with van der Waals surface area (Å²) in [5.41, 5.74) is 9.52. The number of aromatic amines is 1. The highest BCUT2D eigenvalue weighted by molar-refractivity contribution is 6.23. The van der Waals surface area contributed by atoms with E-state index in [1.165, 1.54) is 0 Å². The molecule has 0 bridgehead atoms. The summed E-state index contributed by atoms with van der Waals surface area (Å²) in [5, 5.41) is 8.07. The number of alkyl halides is 1. The predicted molar refractivity (Wildman–Crippen MR) is 131 cm³/mol. The van der Waals surface area contributed by atoms with Crippen molar-refractivity contribution in [1.29, 1.82) is 0 Å². The van der Waals surface area contributed by atoms with E-state index in [-0.39, 0.29) is 17.6 Å². The van der Waals surface area contributed by atoms with Gasteiger partial charge in [-0.05, 0) is 41.7 Å². The minimum absolute atomic E-state index is 0.0327. The number of nitrogens with two attached hydrogens (primary N) is 1. The van der Waals surface area contributed by atoms with E-state index in [9.17, 15) is 9.59 Å². The number of rotatable bonds is 8. The van der Waals surface area contributed by atoms with Crippen LogP contribution in [-0.4, -0.2) is 29.1 Å². The van der Waals surface area contributed by atoms with Gasteiger partial charge in [0.05, 0.1) is 5.41 Å². The van der Waals surface area contributed by atoms with Gasteiger partial charge in [0.15, 0.2) is 5.78 Å². The topological polar surface area (TPSA) is 100 Å². The molecule has 4 rings (SSSR count). The van der Waals surface area contributed by atoms with Gasteiger partial charge in [-0.15, -0.1) is 11.6 Å². The van der Waals surface area contributed by atoms with Crippen molar-refractivity contribution < 1.29 is 9.59 Å². The van der Waals surface area contributed by atoms with Crippen molar-refractivity contribution in [1.82, 2.24) is 10.3 Å². The number of hydrogen-bond donors (Lipinski definition) is 4. The summed E-state index contributed by atoms with van der Waals surface area (Å²) >= 11 is 6.44. The van der Waals surface area contributed by atoms with Gasteiger partial charge >= 0.3 is 0 Å². The summed E-state index contributed by atoms with van der Waals surface area (Å²) < 4.78 is 0. The van der Waals surface area contributed by atoms with Crippen LogP contribution in [0, 0.1) is 0 Å². The van der Waals surface area contributed by atoms with Crippen molar-refractivity contribution in [2.24, 2.45) is 0 Å². The van der Waals surface area contributed by atoms with Crippen molar-refractivity contribution in [3.05, 3.63) is 65.5 Å². The molecule has 0 aliphatic carbocycles. The second-order valence-corrected chi connectivity index (χ2v) is 8.46. The molecule has 5 N–H and O–H groups in total. The summed E-state index contributed by atoms with van der Waals surface area (Å²) in [4.78, 5) is 28.2. The molecule has 0 fully saturated rings. The Bertz CT molecular complexity index is 1200. The minimum atomic E-state index is -0.871. The highest BCUT2D eigenvalue weighted by Gasteiger charge is 2.45. The number of allylic oxidation sites excluding steroid dienone is 1. The van der Waals surface area contributed by atoms with E-state index in [1.54, 1.807) is 12.2 Å². The fraction of sp³-hybridized carbons (Fsp3) is 0.280. The van der Waals surface area contributed by atoms with E-state index in [2.05, 4.69) is 15.6 Å². The third-order valence-electron chi connectivity index (χ3n) is 5.98. The van der Waals surface area contributed by atoms with Gasteiger partial charge in [-0.3, -0.25) is 9.59 Å². The summed E-state index contributed by atoms with van der Waals surface area (Å²) in [6.45, 7) is 2.84. The van der Waals surface area contributed by atoms with Gasteiger partial charge in [-0.25, -0.2) is 0 Å². The molecular weight excluding hydrogens is 424 g/mol. The lowest BCUT2D eigenvalue weighted by Crippen LogP contribution is -2.39. The van der Waals surface area contributed by atoms with E-state index in [1.807, 2.05) is 49.5 Å². The fourth-order valence-electron chi connectivity index (χ4n) is 4.28. The van der Waals surface area contributed by atoms with E-state index in [0.717, 1.165) is 39.7 Å². The number of H-pyrrole nitrogens is 1. The van der Waals surface area contributed by atoms with Gasteiger partial charge < -0.3 is 21.4 Å². The van der Waals surface area contributed by atoms with Gasteiger partial charge in [0.2, 0.25) is 5.91 Å². The van der Waals surface area contributed by atoms with E-state index in [4.69, 9.17) is 17.3 Å². The molecule has 1 aliphatic rings. The normalized spacial score (nSPS) is 17.4. The highest BCUT2D eigenvalue weighted by atomic mass is 35.5. The van der Waals surface area contributed by atoms with Gasteiger partial charge in [-0.1, -0.05) is 31.2 Å². The maximum absolute atomic E-state index is 13.4. The van der Waals surface area contributed by atoms with Crippen LogP contribution in [0.4, 0.5) is 11.4 Å². The Balaban J connectivity index is 1.58. The monoisotopic (exact) mass is 450 g/mol. The number of ketones is 1. The fourth-order valence-corrected chi connectivity index (χ4v) is 4.64. The van der Waals surface area contributed by atoms with Gasteiger partial charge in [-0.2, -0.15) is 0 Å². The molecule has 0 radical (unpaired) electrons. The van der Waals surface area contributed by atoms with Crippen LogP contribution < -0.4 is 16.4 Å². The number of aromatic nitrogens is 1. The Hall–Kier alpha value is -3.25. The number of halogens is 1. The first-order valence-corrected chi connectivity index (χ1v) is 11.3. The van der Waals surface area contributed by atoms with Crippen LogP contribution >= 0.6 is 11.6 Å². The average Bonchev–Trinajstić information content (AvgIpc) is 3.41. The lowest BCUT2D eigenvalue weighted by atomic mass is 9.77. The molecule has 3 aromatic rings. The first-order chi connectivity index (χ1) is 15.5. The molecule has 1 aliphatic heterocycles. The second-order valence-electron chi connectivity index (χ2n) is 8.19. The zero-order valence-electron chi connectivity index (χ0n) is 18.0. The molecule has 32 heavy (non-hydrogen) atoms. The van der Waals surface area contributed by atoms with Crippen LogP contribution in [0.1, 0.15) is 36.6 Å². The molecule has 7 heteroatoms. The maximum Gasteiger partial charge on any atom is 0.220 e. The van der Waals surface area contributed by atoms with Gasteiger partial charge in [0, 0.05) is 59.6 Å². The number of anilines is 2. The van der Waals surface area contributed by atoms with Crippen LogP contribution in [0.2, 0.25) is 0 Å². The summed E-state index contributed by atoms with van der Waals surface area (Å²) in [6.07, 6.45) is 6.50. The lowest BCUT2D eigenvalue weighted by molar-refractivity contribution is -0.121. The lowest BCUT2D eigenvalue weighted by Gasteiger charge is -2.25. The van der Waals surface area contributed by atoms with Crippen molar-refractivity contribution in [2.45, 2.75) is 31.7 Å². The van der Waals surface area contributed by atoms with E-state index < -0.39 is 5.41 Å². The standard InChI is InChI=1S/C25H27ClN4O2/c1-2-5-23(32)29-13-16-10-17(28-12-16)8-9-22(31)25(14-26)15-30-21-11-20(27)18-6-3-4-7-19(18)24(21)25/h3-4,6-12,28,30H,2,5,13-15,27H2,1H3,(H,29,32)/b9-8+. The third kappa shape index (κ3) is 3.98. The zero-order chi connectivity index (χ0) is 22.7. The number of benzene rings is 2. The molecule has 1 atom stereocenters. The Kier molecular flexibility index (Phi) is 6.24. The van der Waals surface area contributed by atoms with Crippen LogP contribution in [0.3, 0.4) is 0 Å². The summed E-state index contributed by atoms with van der Waals surface area (Å²) in [6, 6.07) is 11.6. The molecule has 0 spiro atoms. The number of nitrogen functional groups attached to an aromatic ring is 1. The molecule has 0 saturated heterocycles. The molecule has 1 unspecified atom stereocenters. The molecule has 0 saturated carbocycles. The molecule has 166 valence electrons. The minimum Gasteiger partial charge on any atom is -0.398 e. The van der Waals surface area contributed by atoms with Crippen molar-refractivity contribution >= 4 is 51.5 Å². The quantitative estimate of drug-likeness (QED) is 0.233. The predicted octanol–water partition coefficient (Wildman–Crippen LogP) is 4.35. The first-order valence-electron chi connectivity index (χ1n) is 10.8. The van der Waals surface area contributed by atoms with E-state index in [0.29, 0.717) is 25.2 Å². The number of nitrogens with one attached hydrogen (secondary N) is 3. The van der Waals surface area contributed by atoms with Crippen LogP contribution in [0.5, 0.6) is 0 Å². The summed E-state index contributed by atoms with van der Waals surface area (Å²) in [7, 11) is 0. The first kappa shape index (κ1) is 22.0. The van der Waals surface area contributed by atoms with E-state index >= 15 is 0 Å².